The van der Waals surface area contributed by atoms with Crippen molar-refractivity contribution in [2.45, 2.75) is 12.8 Å². The number of likely N-dealkylation sites (N-methyl/N-ethyl adjacent to an activating group) is 1. The summed E-state index contributed by atoms with van der Waals surface area (Å²) in [4.78, 5) is 35.8. The summed E-state index contributed by atoms with van der Waals surface area (Å²) in [7, 11) is 6.01. The third-order valence-electron chi connectivity index (χ3n) is 2.96. The average molecular weight is 286 g/mol. The van der Waals surface area contributed by atoms with Gasteiger partial charge < -0.3 is 19.4 Å². The van der Waals surface area contributed by atoms with Gasteiger partial charge in [-0.3, -0.25) is 14.4 Å². The molecule has 0 aromatic carbocycles. The highest BCUT2D eigenvalue weighted by molar-refractivity contribution is 5.87. The van der Waals surface area contributed by atoms with Crippen LogP contribution in [0.15, 0.2) is 0 Å². The molecule has 1 aliphatic heterocycles. The molecule has 114 valence electrons. The Bertz CT molecular complexity index is 376. The third kappa shape index (κ3) is 6.51. The molecule has 20 heavy (non-hydrogen) atoms. The zero-order chi connectivity index (χ0) is 15.2. The maximum Gasteiger partial charge on any atom is 0.325 e. The Hall–Kier alpha value is -1.63. The van der Waals surface area contributed by atoms with Crippen LogP contribution in [0.1, 0.15) is 12.8 Å². The number of nitrogens with zero attached hydrogens (tertiary/aromatic N) is 2. The lowest BCUT2D eigenvalue weighted by atomic mass is 10.4. The molecule has 0 aliphatic carbocycles. The van der Waals surface area contributed by atoms with Gasteiger partial charge in [-0.2, -0.15) is 0 Å². The van der Waals surface area contributed by atoms with Crippen LogP contribution in [0, 0.1) is 0 Å². The van der Waals surface area contributed by atoms with Crippen LogP contribution in [0.25, 0.3) is 0 Å². The van der Waals surface area contributed by atoms with Gasteiger partial charge in [-0.1, -0.05) is 0 Å². The maximum atomic E-state index is 11.6. The molecule has 1 fully saturated rings. The average Bonchev–Trinajstić information content (AvgIpc) is 2.71. The lowest BCUT2D eigenvalue weighted by Gasteiger charge is -2.23. The number of quaternary nitrogens is 1. The van der Waals surface area contributed by atoms with Crippen LogP contribution in [0.3, 0.4) is 0 Å². The van der Waals surface area contributed by atoms with Gasteiger partial charge >= 0.3 is 5.97 Å². The number of carbonyl (C=O) groups excluding carboxylic acids is 3. The van der Waals surface area contributed by atoms with Crippen molar-refractivity contribution in [1.29, 1.82) is 0 Å². The molecular formula is C13H24N3O4+. The molecule has 7 heteroatoms. The predicted octanol–water partition coefficient (Wildman–Crippen LogP) is -1.03. The molecule has 1 heterocycles. The van der Waals surface area contributed by atoms with Gasteiger partial charge in [-0.25, -0.2) is 0 Å². The van der Waals surface area contributed by atoms with E-state index in [4.69, 9.17) is 4.74 Å². The van der Waals surface area contributed by atoms with E-state index in [1.807, 2.05) is 21.1 Å². The minimum absolute atomic E-state index is 0.00864. The van der Waals surface area contributed by atoms with E-state index in [-0.39, 0.29) is 24.9 Å². The van der Waals surface area contributed by atoms with Crippen LogP contribution in [0.5, 0.6) is 0 Å². The SMILES string of the molecule is C[N+](C)(C)CCOC(=O)CNC(=O)CN1CCCC1=O. The summed E-state index contributed by atoms with van der Waals surface area (Å²) >= 11 is 0. The van der Waals surface area contributed by atoms with Gasteiger partial charge in [-0.05, 0) is 6.42 Å². The van der Waals surface area contributed by atoms with E-state index in [1.165, 1.54) is 4.90 Å². The molecule has 1 aliphatic rings. The van der Waals surface area contributed by atoms with Crippen molar-refractivity contribution in [1.82, 2.24) is 10.2 Å². The number of esters is 1. The Morgan fingerprint density at radius 2 is 2.05 bits per heavy atom. The second-order valence-electron chi connectivity index (χ2n) is 5.93. The first-order chi connectivity index (χ1) is 9.28. The van der Waals surface area contributed by atoms with Crippen LogP contribution >= 0.6 is 0 Å². The summed E-state index contributed by atoms with van der Waals surface area (Å²) in [5.74, 6) is -0.797. The Labute approximate surface area is 119 Å². The topological polar surface area (TPSA) is 75.7 Å². The number of ether oxygens (including phenoxy) is 1. The highest BCUT2D eigenvalue weighted by Gasteiger charge is 2.22. The van der Waals surface area contributed by atoms with Crippen molar-refractivity contribution in [2.24, 2.45) is 0 Å². The minimum Gasteiger partial charge on any atom is -0.458 e. The minimum atomic E-state index is -0.459. The van der Waals surface area contributed by atoms with E-state index in [2.05, 4.69) is 5.32 Å². The normalized spacial score (nSPS) is 15.3. The highest BCUT2D eigenvalue weighted by Crippen LogP contribution is 2.08. The van der Waals surface area contributed by atoms with E-state index in [0.29, 0.717) is 30.6 Å². The van der Waals surface area contributed by atoms with Gasteiger partial charge in [0.15, 0.2) is 0 Å². The fourth-order valence-electron chi connectivity index (χ4n) is 1.76. The van der Waals surface area contributed by atoms with Crippen LogP contribution in [-0.2, 0) is 19.1 Å². The van der Waals surface area contributed by atoms with E-state index < -0.39 is 5.97 Å². The summed E-state index contributed by atoms with van der Waals surface area (Å²) in [6, 6.07) is 0. The molecule has 0 bridgehead atoms. The van der Waals surface area contributed by atoms with Gasteiger partial charge in [0.25, 0.3) is 0 Å². The molecule has 0 aromatic rings. The lowest BCUT2D eigenvalue weighted by molar-refractivity contribution is -0.870. The van der Waals surface area contributed by atoms with E-state index >= 15 is 0 Å². The van der Waals surface area contributed by atoms with Crippen molar-refractivity contribution in [3.8, 4) is 0 Å². The Balaban J connectivity index is 2.14. The van der Waals surface area contributed by atoms with Gasteiger partial charge in [-0.15, -0.1) is 0 Å². The number of nitrogens with one attached hydrogen (secondary N) is 1. The van der Waals surface area contributed by atoms with Crippen molar-refractivity contribution in [3.63, 3.8) is 0 Å². The van der Waals surface area contributed by atoms with Crippen molar-refractivity contribution < 1.29 is 23.6 Å². The number of hydrogen-bond donors (Lipinski definition) is 1. The smallest absolute Gasteiger partial charge is 0.325 e. The monoisotopic (exact) mass is 286 g/mol. The zero-order valence-electron chi connectivity index (χ0n) is 12.5. The first kappa shape index (κ1) is 16.4. The molecule has 0 unspecified atom stereocenters. The molecule has 0 radical (unpaired) electrons. The summed E-state index contributed by atoms with van der Waals surface area (Å²) in [5.41, 5.74) is 0. The summed E-state index contributed by atoms with van der Waals surface area (Å²) < 4.78 is 5.71. The van der Waals surface area contributed by atoms with Gasteiger partial charge in [0.05, 0.1) is 27.7 Å². The second kappa shape index (κ2) is 7.23. The second-order valence-corrected chi connectivity index (χ2v) is 5.93. The number of likely N-dealkylation sites (tertiary alicyclic amines) is 1. The maximum absolute atomic E-state index is 11.6. The molecule has 0 saturated carbocycles. The molecule has 0 aromatic heterocycles. The van der Waals surface area contributed by atoms with E-state index in [1.54, 1.807) is 0 Å². The van der Waals surface area contributed by atoms with Crippen molar-refractivity contribution in [2.75, 3.05) is 53.9 Å². The Morgan fingerprint density at radius 1 is 1.35 bits per heavy atom. The number of rotatable bonds is 7. The fraction of sp³-hybridized carbons (Fsp3) is 0.769. The molecule has 0 atom stereocenters. The summed E-state index contributed by atoms with van der Waals surface area (Å²) in [6.07, 6.45) is 1.29. The molecule has 1 saturated heterocycles. The quantitative estimate of drug-likeness (QED) is 0.480. The Kier molecular flexibility index (Phi) is 5.94. The molecule has 7 nitrogen and oxygen atoms in total. The molecule has 1 rings (SSSR count). The molecule has 1 N–H and O–H groups in total. The largest absolute Gasteiger partial charge is 0.458 e. The van der Waals surface area contributed by atoms with Crippen molar-refractivity contribution >= 4 is 17.8 Å². The van der Waals surface area contributed by atoms with Crippen LogP contribution in [-0.4, -0.2) is 81.1 Å². The predicted molar refractivity (Wildman–Crippen MR) is 72.7 cm³/mol. The number of amides is 2. The van der Waals surface area contributed by atoms with Gasteiger partial charge in [0.2, 0.25) is 11.8 Å². The lowest BCUT2D eigenvalue weighted by Crippen LogP contribution is -2.41. The summed E-state index contributed by atoms with van der Waals surface area (Å²) in [6.45, 7) is 1.51. The first-order valence-electron chi connectivity index (χ1n) is 6.78. The number of hydrogen-bond acceptors (Lipinski definition) is 4. The van der Waals surface area contributed by atoms with Gasteiger partial charge in [0, 0.05) is 13.0 Å². The third-order valence-corrected chi connectivity index (χ3v) is 2.96. The van der Waals surface area contributed by atoms with Crippen molar-refractivity contribution in [3.05, 3.63) is 0 Å². The van der Waals surface area contributed by atoms with Crippen LogP contribution in [0.4, 0.5) is 0 Å². The van der Waals surface area contributed by atoms with Crippen LogP contribution in [0.2, 0.25) is 0 Å². The number of carbonyl (C=O) groups is 3. The standard InChI is InChI=1S/C13H23N3O4/c1-16(2,3)7-8-20-13(19)9-14-11(17)10-15-6-4-5-12(15)18/h4-10H2,1-3H3/p+1. The molecule has 0 spiro atoms. The molecular weight excluding hydrogens is 262 g/mol. The fourth-order valence-corrected chi connectivity index (χ4v) is 1.76. The van der Waals surface area contributed by atoms with Crippen LogP contribution < -0.4 is 5.32 Å². The highest BCUT2D eigenvalue weighted by atomic mass is 16.5. The van der Waals surface area contributed by atoms with E-state index in [0.717, 1.165) is 6.42 Å². The Morgan fingerprint density at radius 3 is 2.60 bits per heavy atom. The zero-order valence-corrected chi connectivity index (χ0v) is 12.5. The molecule has 2 amide bonds. The first-order valence-corrected chi connectivity index (χ1v) is 6.78. The van der Waals surface area contributed by atoms with Gasteiger partial charge in [0.1, 0.15) is 19.7 Å². The summed E-state index contributed by atoms with van der Waals surface area (Å²) in [5, 5.41) is 2.47. The van der Waals surface area contributed by atoms with E-state index in [9.17, 15) is 14.4 Å².